The quantitative estimate of drug-likeness (QED) is 0.165. The zero-order chi connectivity index (χ0) is 28.8. The lowest BCUT2D eigenvalue weighted by molar-refractivity contribution is -0.649. The Kier molecular flexibility index (Phi) is 7.22. The van der Waals surface area contributed by atoms with Crippen LogP contribution in [0.5, 0.6) is 0 Å². The summed E-state index contributed by atoms with van der Waals surface area (Å²) in [5.41, 5.74) is 4.87. The molecule has 2 heterocycles. The van der Waals surface area contributed by atoms with Gasteiger partial charge in [-0.25, -0.2) is 0 Å². The summed E-state index contributed by atoms with van der Waals surface area (Å²) in [6.07, 6.45) is 1.69. The number of benzene rings is 4. The predicted octanol–water partition coefficient (Wildman–Crippen LogP) is 6.12. The molecular weight excluding hydrogens is 601 g/mol. The lowest BCUT2D eigenvalue weighted by Crippen LogP contribution is -2.39. The lowest BCUT2D eigenvalue weighted by atomic mass is 10.1. The molecule has 0 saturated carbocycles. The van der Waals surface area contributed by atoms with Crippen LogP contribution >= 0.6 is 23.1 Å². The average molecular weight is 624 g/mol. The van der Waals surface area contributed by atoms with E-state index in [4.69, 9.17) is 0 Å². The van der Waals surface area contributed by atoms with E-state index < -0.39 is 32.0 Å². The molecule has 4 aromatic carbocycles. The molecule has 208 valence electrons. The van der Waals surface area contributed by atoms with Crippen LogP contribution in [0.1, 0.15) is 5.01 Å². The Hall–Kier alpha value is -3.52. The van der Waals surface area contributed by atoms with E-state index in [0.29, 0.717) is 21.2 Å². The van der Waals surface area contributed by atoms with E-state index in [1.54, 1.807) is 6.08 Å². The minimum Gasteiger partial charge on any atom is -0.317 e. The summed E-state index contributed by atoms with van der Waals surface area (Å²) >= 11 is 2.63. The van der Waals surface area contributed by atoms with Crippen LogP contribution in [0.25, 0.3) is 38.5 Å². The van der Waals surface area contributed by atoms with Gasteiger partial charge in [0.1, 0.15) is 4.70 Å². The SMILES string of the molecule is O=S(=O)(O)CN1C(=Cc2sc3ccc(-c4ccccc4)cc3[n+]2CS(=O)(=O)O)Sc2ccc(-c3ccccc3)cc21. The highest BCUT2D eigenvalue weighted by atomic mass is 32.2. The lowest BCUT2D eigenvalue weighted by Gasteiger charge is -2.18. The van der Waals surface area contributed by atoms with E-state index in [1.807, 2.05) is 97.1 Å². The summed E-state index contributed by atoms with van der Waals surface area (Å²) in [6.45, 7) is 0. The Balaban J connectivity index is 1.49. The fourth-order valence-electron chi connectivity index (χ4n) is 4.74. The molecule has 0 aliphatic carbocycles. The second-order valence-corrected chi connectivity index (χ2v) is 14.4. The number of anilines is 1. The van der Waals surface area contributed by atoms with Gasteiger partial charge in [-0.2, -0.15) is 21.4 Å². The summed E-state index contributed by atoms with van der Waals surface area (Å²) < 4.78 is 70.2. The van der Waals surface area contributed by atoms with Gasteiger partial charge in [-0.3, -0.25) is 9.11 Å². The van der Waals surface area contributed by atoms with E-state index in [2.05, 4.69) is 0 Å². The van der Waals surface area contributed by atoms with Gasteiger partial charge in [0.05, 0.1) is 16.8 Å². The van der Waals surface area contributed by atoms with E-state index in [9.17, 15) is 25.9 Å². The molecule has 0 bridgehead atoms. The molecular formula is C29H23N2O6S4+. The third kappa shape index (κ3) is 6.08. The number of thiazole rings is 1. The molecule has 6 rings (SSSR count). The fraction of sp³-hybridized carbons (Fsp3) is 0.0690. The molecule has 1 aromatic heterocycles. The van der Waals surface area contributed by atoms with Gasteiger partial charge < -0.3 is 4.90 Å². The molecule has 0 amide bonds. The molecule has 1 aliphatic rings. The monoisotopic (exact) mass is 623 g/mol. The van der Waals surface area contributed by atoms with Crippen molar-refractivity contribution in [1.29, 1.82) is 0 Å². The van der Waals surface area contributed by atoms with Crippen molar-refractivity contribution in [3.8, 4) is 22.3 Å². The van der Waals surface area contributed by atoms with Crippen molar-refractivity contribution in [2.45, 2.75) is 10.8 Å². The molecule has 0 fully saturated rings. The summed E-state index contributed by atoms with van der Waals surface area (Å²) in [6, 6.07) is 30.7. The molecule has 0 atom stereocenters. The standard InChI is InChI=1S/C29H22N2O6S4/c32-40(33,34)18-30-24-15-22(20-7-3-1-4-8-20)11-13-26(24)38-28(30)17-29-31(19-41(35,36)37)25-16-23(12-14-27(25)39-29)21-9-5-2-6-10-21/h1-17H,18-19H2,(H-,32,33,34,35,36,37)/p+1. The minimum atomic E-state index is -4.42. The van der Waals surface area contributed by atoms with Crippen LogP contribution in [0, 0.1) is 0 Å². The Morgan fingerprint density at radius 1 is 0.732 bits per heavy atom. The molecule has 12 heteroatoms. The van der Waals surface area contributed by atoms with E-state index in [-0.39, 0.29) is 0 Å². The largest absolute Gasteiger partial charge is 0.326 e. The molecule has 1 aliphatic heterocycles. The van der Waals surface area contributed by atoms with Crippen LogP contribution in [-0.2, 0) is 26.1 Å². The maximum atomic E-state index is 12.1. The molecule has 0 unspecified atom stereocenters. The smallest absolute Gasteiger partial charge is 0.317 e. The molecule has 5 aromatic rings. The second kappa shape index (κ2) is 10.7. The minimum absolute atomic E-state index is 0.488. The highest BCUT2D eigenvalue weighted by Gasteiger charge is 2.32. The van der Waals surface area contributed by atoms with Gasteiger partial charge in [0, 0.05) is 11.0 Å². The normalized spacial score (nSPS) is 14.6. The Bertz CT molecular complexity index is 2020. The molecule has 41 heavy (non-hydrogen) atoms. The summed E-state index contributed by atoms with van der Waals surface area (Å²) in [5.74, 6) is -1.36. The van der Waals surface area contributed by atoms with Gasteiger partial charge in [0.2, 0.25) is 5.52 Å². The van der Waals surface area contributed by atoms with E-state index in [1.165, 1.54) is 32.6 Å². The van der Waals surface area contributed by atoms with Gasteiger partial charge in [0.25, 0.3) is 21.0 Å². The van der Waals surface area contributed by atoms with Crippen LogP contribution in [0.15, 0.2) is 107 Å². The Morgan fingerprint density at radius 2 is 1.34 bits per heavy atom. The number of nitrogens with zero attached hydrogens (tertiary/aromatic N) is 2. The first kappa shape index (κ1) is 27.6. The molecule has 0 radical (unpaired) electrons. The van der Waals surface area contributed by atoms with Crippen molar-refractivity contribution in [1.82, 2.24) is 0 Å². The molecule has 0 spiro atoms. The molecule has 8 nitrogen and oxygen atoms in total. The summed E-state index contributed by atoms with van der Waals surface area (Å²) in [4.78, 5) is 2.28. The van der Waals surface area contributed by atoms with Crippen LogP contribution in [0.3, 0.4) is 0 Å². The number of hydrogen-bond donors (Lipinski definition) is 2. The first-order chi connectivity index (χ1) is 19.5. The van der Waals surface area contributed by atoms with Crippen molar-refractivity contribution in [3.05, 3.63) is 107 Å². The van der Waals surface area contributed by atoms with Crippen molar-refractivity contribution < 1.29 is 30.5 Å². The number of aromatic nitrogens is 1. The molecule has 2 N–H and O–H groups in total. The van der Waals surface area contributed by atoms with Crippen LogP contribution in [0.2, 0.25) is 0 Å². The van der Waals surface area contributed by atoms with Gasteiger partial charge in [0.15, 0.2) is 5.88 Å². The topological polar surface area (TPSA) is 116 Å². The van der Waals surface area contributed by atoms with Crippen molar-refractivity contribution >= 4 is 65.3 Å². The van der Waals surface area contributed by atoms with E-state index >= 15 is 0 Å². The maximum absolute atomic E-state index is 12.1. The predicted molar refractivity (Wildman–Crippen MR) is 164 cm³/mol. The first-order valence-electron chi connectivity index (χ1n) is 12.3. The summed E-state index contributed by atoms with van der Waals surface area (Å²) in [5, 5.41) is 0.975. The van der Waals surface area contributed by atoms with Crippen LogP contribution in [-0.4, -0.2) is 31.8 Å². The Labute approximate surface area is 245 Å². The Morgan fingerprint density at radius 3 is 1.95 bits per heavy atom. The van der Waals surface area contributed by atoms with Gasteiger partial charge in [-0.05, 0) is 40.5 Å². The average Bonchev–Trinajstić information content (AvgIpc) is 3.44. The third-order valence-electron chi connectivity index (χ3n) is 6.51. The van der Waals surface area contributed by atoms with Gasteiger partial charge >= 0.3 is 10.1 Å². The van der Waals surface area contributed by atoms with Crippen molar-refractivity contribution in [2.75, 3.05) is 10.8 Å². The van der Waals surface area contributed by atoms with Crippen molar-refractivity contribution in [3.63, 3.8) is 0 Å². The number of hydrogen-bond acceptors (Lipinski definition) is 7. The molecule has 0 saturated heterocycles. The highest BCUT2D eigenvalue weighted by Crippen LogP contribution is 2.48. The summed E-state index contributed by atoms with van der Waals surface area (Å²) in [7, 11) is -8.84. The zero-order valence-corrected chi connectivity index (χ0v) is 24.5. The van der Waals surface area contributed by atoms with Gasteiger partial charge in [-0.15, -0.1) is 0 Å². The number of thioether (sulfide) groups is 1. The van der Waals surface area contributed by atoms with E-state index in [0.717, 1.165) is 31.8 Å². The highest BCUT2D eigenvalue weighted by molar-refractivity contribution is 8.04. The van der Waals surface area contributed by atoms with Crippen LogP contribution < -0.4 is 9.47 Å². The third-order valence-corrected chi connectivity index (χ3v) is 9.90. The second-order valence-electron chi connectivity index (χ2n) is 9.40. The fourth-order valence-corrected chi connectivity index (χ4v) is 8.34. The zero-order valence-electron chi connectivity index (χ0n) is 21.3. The number of fused-ring (bicyclic) bond motifs is 2. The van der Waals surface area contributed by atoms with Crippen LogP contribution in [0.4, 0.5) is 5.69 Å². The first-order valence-corrected chi connectivity index (χ1v) is 17.2. The van der Waals surface area contributed by atoms with Gasteiger partial charge in [-0.1, -0.05) is 95.9 Å². The number of rotatable bonds is 7. The van der Waals surface area contributed by atoms with Crippen molar-refractivity contribution in [2.24, 2.45) is 0 Å². The maximum Gasteiger partial charge on any atom is 0.326 e.